The second-order valence-corrected chi connectivity index (χ2v) is 6.46. The third-order valence-electron chi connectivity index (χ3n) is 2.84. The lowest BCUT2D eigenvalue weighted by molar-refractivity contribution is 0.713. The highest BCUT2D eigenvalue weighted by atomic mass is 32.2. The number of rotatable bonds is 2. The van der Waals surface area contributed by atoms with Crippen LogP contribution in [0.1, 0.15) is 26.6 Å². The van der Waals surface area contributed by atoms with Crippen LogP contribution < -0.4 is 10.6 Å². The topological polar surface area (TPSA) is 55.0 Å². The Morgan fingerprint density at radius 2 is 2.00 bits per heavy atom. The van der Waals surface area contributed by atoms with Crippen LogP contribution in [0.15, 0.2) is 6.07 Å². The molecule has 1 aromatic heterocycles. The quantitative estimate of drug-likeness (QED) is 0.872. The molecule has 2 rings (SSSR count). The minimum atomic E-state index is 0.574. The smallest absolute Gasteiger partial charge is 0.134 e. The summed E-state index contributed by atoms with van der Waals surface area (Å²) in [6.07, 6.45) is 0.825. The molecule has 0 amide bonds. The summed E-state index contributed by atoms with van der Waals surface area (Å²) < 4.78 is 0. The zero-order valence-electron chi connectivity index (χ0n) is 10.7. The van der Waals surface area contributed by atoms with Crippen LogP contribution in [0.3, 0.4) is 0 Å². The fraction of sp³-hybridized carbons (Fsp3) is 0.667. The van der Waals surface area contributed by atoms with Gasteiger partial charge in [0.05, 0.1) is 0 Å². The first kappa shape index (κ1) is 12.5. The van der Waals surface area contributed by atoms with Crippen LogP contribution in [0.4, 0.5) is 11.6 Å². The van der Waals surface area contributed by atoms with Gasteiger partial charge >= 0.3 is 0 Å². The van der Waals surface area contributed by atoms with Gasteiger partial charge < -0.3 is 10.6 Å². The third kappa shape index (κ3) is 3.03. The average Bonchev–Trinajstić information content (AvgIpc) is 2.26. The maximum absolute atomic E-state index is 5.83. The van der Waals surface area contributed by atoms with E-state index >= 15 is 0 Å². The average molecular weight is 252 g/mol. The Morgan fingerprint density at radius 1 is 1.35 bits per heavy atom. The molecule has 2 atom stereocenters. The Kier molecular flexibility index (Phi) is 3.76. The molecule has 5 heteroatoms. The van der Waals surface area contributed by atoms with Crippen LogP contribution in [-0.4, -0.2) is 33.6 Å². The van der Waals surface area contributed by atoms with Gasteiger partial charge in [0, 0.05) is 36.1 Å². The summed E-state index contributed by atoms with van der Waals surface area (Å²) in [4.78, 5) is 11.1. The zero-order valence-corrected chi connectivity index (χ0v) is 11.5. The first-order chi connectivity index (χ1) is 8.08. The summed E-state index contributed by atoms with van der Waals surface area (Å²) in [7, 11) is 0. The summed E-state index contributed by atoms with van der Waals surface area (Å²) in [6.45, 7) is 8.65. The van der Waals surface area contributed by atoms with Gasteiger partial charge in [0.1, 0.15) is 17.5 Å². The normalized spacial score (nSPS) is 25.0. The highest BCUT2D eigenvalue weighted by Gasteiger charge is 2.23. The monoisotopic (exact) mass is 252 g/mol. The van der Waals surface area contributed by atoms with Crippen molar-refractivity contribution < 1.29 is 0 Å². The number of anilines is 2. The number of nitrogens with zero attached hydrogens (tertiary/aromatic N) is 3. The minimum absolute atomic E-state index is 0.574. The molecule has 0 saturated carbocycles. The Balaban J connectivity index is 2.23. The lowest BCUT2D eigenvalue weighted by atomic mass is 10.3. The van der Waals surface area contributed by atoms with Gasteiger partial charge in [0.25, 0.3) is 0 Å². The molecule has 4 nitrogen and oxygen atoms in total. The maximum Gasteiger partial charge on any atom is 0.134 e. The molecule has 0 radical (unpaired) electrons. The largest absolute Gasteiger partial charge is 0.384 e. The molecular weight excluding hydrogens is 232 g/mol. The van der Waals surface area contributed by atoms with Gasteiger partial charge in [-0.3, -0.25) is 0 Å². The van der Waals surface area contributed by atoms with E-state index < -0.39 is 0 Å². The fourth-order valence-electron chi connectivity index (χ4n) is 2.19. The number of hydrogen-bond donors (Lipinski definition) is 1. The Morgan fingerprint density at radius 3 is 2.59 bits per heavy atom. The van der Waals surface area contributed by atoms with Crippen molar-refractivity contribution >= 4 is 23.4 Å². The Hall–Kier alpha value is -0.970. The zero-order chi connectivity index (χ0) is 12.4. The van der Waals surface area contributed by atoms with Gasteiger partial charge in [-0.1, -0.05) is 20.8 Å². The predicted molar refractivity (Wildman–Crippen MR) is 74.6 cm³/mol. The first-order valence-electron chi connectivity index (χ1n) is 6.12. The van der Waals surface area contributed by atoms with E-state index in [0.29, 0.717) is 16.3 Å². The van der Waals surface area contributed by atoms with Gasteiger partial charge in [0.15, 0.2) is 0 Å². The van der Waals surface area contributed by atoms with Gasteiger partial charge in [-0.05, 0) is 0 Å². The summed E-state index contributed by atoms with van der Waals surface area (Å²) in [5, 5.41) is 1.28. The molecule has 2 unspecified atom stereocenters. The summed E-state index contributed by atoms with van der Waals surface area (Å²) in [5.74, 6) is 2.39. The van der Waals surface area contributed by atoms with Crippen LogP contribution in [0.25, 0.3) is 0 Å². The van der Waals surface area contributed by atoms with E-state index in [0.717, 1.165) is 31.2 Å². The second kappa shape index (κ2) is 5.12. The van der Waals surface area contributed by atoms with E-state index in [1.165, 1.54) is 0 Å². The number of nitrogen functional groups attached to an aromatic ring is 1. The van der Waals surface area contributed by atoms with Crippen molar-refractivity contribution in [3.8, 4) is 0 Å². The van der Waals surface area contributed by atoms with Gasteiger partial charge in [-0.15, -0.1) is 0 Å². The fourth-order valence-corrected chi connectivity index (χ4v) is 3.51. The lowest BCUT2D eigenvalue weighted by Gasteiger charge is -2.35. The molecule has 0 spiro atoms. The Labute approximate surface area is 107 Å². The lowest BCUT2D eigenvalue weighted by Crippen LogP contribution is -2.41. The molecule has 1 aliphatic heterocycles. The number of hydrogen-bond acceptors (Lipinski definition) is 5. The van der Waals surface area contributed by atoms with E-state index in [1.807, 2.05) is 17.8 Å². The second-order valence-electron chi connectivity index (χ2n) is 4.58. The molecule has 17 heavy (non-hydrogen) atoms. The summed E-state index contributed by atoms with van der Waals surface area (Å²) in [6, 6.07) is 1.88. The van der Waals surface area contributed by atoms with Gasteiger partial charge in [-0.2, -0.15) is 11.8 Å². The van der Waals surface area contributed by atoms with Gasteiger partial charge in [0.2, 0.25) is 0 Å². The van der Waals surface area contributed by atoms with Crippen molar-refractivity contribution in [1.82, 2.24) is 9.97 Å². The van der Waals surface area contributed by atoms with E-state index in [2.05, 4.69) is 35.6 Å². The molecule has 1 aliphatic rings. The third-order valence-corrected chi connectivity index (χ3v) is 4.07. The highest BCUT2D eigenvalue weighted by Crippen LogP contribution is 2.28. The molecule has 94 valence electrons. The van der Waals surface area contributed by atoms with E-state index in [-0.39, 0.29) is 0 Å². The van der Waals surface area contributed by atoms with E-state index in [4.69, 9.17) is 5.73 Å². The Bertz CT molecular complexity index is 386. The van der Waals surface area contributed by atoms with Crippen LogP contribution in [0.5, 0.6) is 0 Å². The molecule has 2 heterocycles. The number of thioether (sulfide) groups is 1. The number of aromatic nitrogens is 2. The molecular formula is C12H20N4S. The molecule has 2 N–H and O–H groups in total. The van der Waals surface area contributed by atoms with Gasteiger partial charge in [-0.25, -0.2) is 9.97 Å². The van der Waals surface area contributed by atoms with Crippen molar-refractivity contribution in [2.75, 3.05) is 23.7 Å². The SMILES string of the molecule is CCc1nc(N)cc(N2CC(C)SC(C)C2)n1. The number of nitrogens with two attached hydrogens (primary N) is 1. The van der Waals surface area contributed by atoms with Crippen molar-refractivity contribution in [2.45, 2.75) is 37.7 Å². The summed E-state index contributed by atoms with van der Waals surface area (Å²) in [5.41, 5.74) is 5.83. The molecule has 1 aromatic rings. The van der Waals surface area contributed by atoms with Crippen molar-refractivity contribution in [3.63, 3.8) is 0 Å². The molecule has 0 aromatic carbocycles. The van der Waals surface area contributed by atoms with Crippen LogP contribution >= 0.6 is 11.8 Å². The number of aryl methyl sites for hydroxylation is 1. The van der Waals surface area contributed by atoms with Crippen LogP contribution in [-0.2, 0) is 6.42 Å². The van der Waals surface area contributed by atoms with E-state index in [9.17, 15) is 0 Å². The standard InChI is InChI=1S/C12H20N4S/c1-4-11-14-10(13)5-12(15-11)16-6-8(2)17-9(3)7-16/h5,8-9H,4,6-7H2,1-3H3,(H2,13,14,15). The molecule has 1 fully saturated rings. The molecule has 0 bridgehead atoms. The van der Waals surface area contributed by atoms with E-state index in [1.54, 1.807) is 0 Å². The highest BCUT2D eigenvalue weighted by molar-refractivity contribution is 8.00. The molecule has 0 aliphatic carbocycles. The molecule has 1 saturated heterocycles. The van der Waals surface area contributed by atoms with Crippen LogP contribution in [0.2, 0.25) is 0 Å². The first-order valence-corrected chi connectivity index (χ1v) is 7.06. The van der Waals surface area contributed by atoms with Crippen molar-refractivity contribution in [3.05, 3.63) is 11.9 Å². The van der Waals surface area contributed by atoms with Crippen molar-refractivity contribution in [2.24, 2.45) is 0 Å². The van der Waals surface area contributed by atoms with Crippen molar-refractivity contribution in [1.29, 1.82) is 0 Å². The minimum Gasteiger partial charge on any atom is -0.384 e. The maximum atomic E-state index is 5.83. The van der Waals surface area contributed by atoms with Crippen LogP contribution in [0, 0.1) is 0 Å². The summed E-state index contributed by atoms with van der Waals surface area (Å²) >= 11 is 2.04. The predicted octanol–water partition coefficient (Wildman–Crippen LogP) is 1.95.